The summed E-state index contributed by atoms with van der Waals surface area (Å²) < 4.78 is 0. The summed E-state index contributed by atoms with van der Waals surface area (Å²) in [5.41, 5.74) is 2.48. The van der Waals surface area contributed by atoms with Crippen LogP contribution in [0.2, 0.25) is 0 Å². The fourth-order valence-electron chi connectivity index (χ4n) is 3.60. The van der Waals surface area contributed by atoms with Crippen LogP contribution in [-0.2, 0) is 6.42 Å². The first-order valence-electron chi connectivity index (χ1n) is 7.70. The van der Waals surface area contributed by atoms with Gasteiger partial charge >= 0.3 is 0 Å². The van der Waals surface area contributed by atoms with E-state index < -0.39 is 0 Å². The summed E-state index contributed by atoms with van der Waals surface area (Å²) in [4.78, 5) is 15.4. The Kier molecular flexibility index (Phi) is 4.93. The van der Waals surface area contributed by atoms with E-state index in [0.717, 1.165) is 30.0 Å². The number of hydrogen-bond acceptors (Lipinski definition) is 4. The number of pyridine rings is 1. The Morgan fingerprint density at radius 2 is 2.14 bits per heavy atom. The second-order valence-electron chi connectivity index (χ2n) is 6.40. The van der Waals surface area contributed by atoms with Crippen molar-refractivity contribution in [3.05, 3.63) is 33.1 Å². The standard InChI is InChI=1S/C16H25N3O2/c1-10-5-6-14(17-4)13(7-10)8-15-12(3)16(19(20)21)11(2)9-18-15/h9-10,13-14,17H,5-8H2,1-4H3. The summed E-state index contributed by atoms with van der Waals surface area (Å²) >= 11 is 0. The van der Waals surface area contributed by atoms with Crippen molar-refractivity contribution in [1.29, 1.82) is 0 Å². The number of hydrogen-bond donors (Lipinski definition) is 1. The lowest BCUT2D eigenvalue weighted by molar-refractivity contribution is -0.386. The van der Waals surface area contributed by atoms with E-state index in [1.54, 1.807) is 13.1 Å². The molecular formula is C16H25N3O2. The van der Waals surface area contributed by atoms with Gasteiger partial charge in [0.2, 0.25) is 0 Å². The zero-order valence-corrected chi connectivity index (χ0v) is 13.3. The molecule has 116 valence electrons. The molecule has 21 heavy (non-hydrogen) atoms. The van der Waals surface area contributed by atoms with E-state index in [1.165, 1.54) is 12.8 Å². The van der Waals surface area contributed by atoms with Crippen LogP contribution in [0.4, 0.5) is 5.69 Å². The van der Waals surface area contributed by atoms with E-state index in [-0.39, 0.29) is 10.6 Å². The topological polar surface area (TPSA) is 68.1 Å². The fourth-order valence-corrected chi connectivity index (χ4v) is 3.60. The van der Waals surface area contributed by atoms with Crippen molar-refractivity contribution in [3.8, 4) is 0 Å². The van der Waals surface area contributed by atoms with Crippen LogP contribution in [0, 0.1) is 35.8 Å². The molecule has 3 atom stereocenters. The van der Waals surface area contributed by atoms with Crippen molar-refractivity contribution in [1.82, 2.24) is 10.3 Å². The molecule has 0 radical (unpaired) electrons. The van der Waals surface area contributed by atoms with Crippen molar-refractivity contribution in [2.75, 3.05) is 7.05 Å². The summed E-state index contributed by atoms with van der Waals surface area (Å²) in [6.07, 6.45) is 6.05. The average Bonchev–Trinajstić information content (AvgIpc) is 2.42. The molecule has 0 aliphatic heterocycles. The Labute approximate surface area is 126 Å². The maximum atomic E-state index is 11.2. The van der Waals surface area contributed by atoms with Gasteiger partial charge in [-0.25, -0.2) is 0 Å². The molecule has 2 rings (SSSR count). The number of aromatic nitrogens is 1. The Morgan fingerprint density at radius 1 is 1.43 bits per heavy atom. The molecule has 0 saturated heterocycles. The lowest BCUT2D eigenvalue weighted by Crippen LogP contribution is -2.39. The number of nitrogens with zero attached hydrogens (tertiary/aromatic N) is 2. The van der Waals surface area contributed by atoms with Crippen molar-refractivity contribution in [2.45, 2.75) is 52.5 Å². The molecule has 1 aliphatic carbocycles. The first-order chi connectivity index (χ1) is 9.93. The molecule has 0 bridgehead atoms. The highest BCUT2D eigenvalue weighted by Gasteiger charge is 2.29. The highest BCUT2D eigenvalue weighted by Crippen LogP contribution is 2.33. The molecule has 0 aromatic carbocycles. The molecule has 1 heterocycles. The predicted molar refractivity (Wildman–Crippen MR) is 83.4 cm³/mol. The van der Waals surface area contributed by atoms with E-state index in [0.29, 0.717) is 17.5 Å². The molecule has 0 spiro atoms. The van der Waals surface area contributed by atoms with Crippen LogP contribution in [0.25, 0.3) is 0 Å². The van der Waals surface area contributed by atoms with Crippen LogP contribution >= 0.6 is 0 Å². The lowest BCUT2D eigenvalue weighted by atomic mass is 9.76. The molecule has 1 aliphatic rings. The minimum Gasteiger partial charge on any atom is -0.317 e. The van der Waals surface area contributed by atoms with Gasteiger partial charge in [0.25, 0.3) is 5.69 Å². The zero-order valence-electron chi connectivity index (χ0n) is 13.3. The Morgan fingerprint density at radius 3 is 2.76 bits per heavy atom. The van der Waals surface area contributed by atoms with Gasteiger partial charge < -0.3 is 5.32 Å². The Hall–Kier alpha value is -1.49. The maximum absolute atomic E-state index is 11.2. The fraction of sp³-hybridized carbons (Fsp3) is 0.688. The van der Waals surface area contributed by atoms with Crippen LogP contribution in [0.5, 0.6) is 0 Å². The number of aryl methyl sites for hydroxylation is 1. The van der Waals surface area contributed by atoms with Gasteiger partial charge in [0.15, 0.2) is 0 Å². The molecular weight excluding hydrogens is 266 g/mol. The van der Waals surface area contributed by atoms with E-state index in [1.807, 2.05) is 14.0 Å². The number of nitro groups is 1. The first-order valence-corrected chi connectivity index (χ1v) is 7.70. The molecule has 5 nitrogen and oxygen atoms in total. The third-order valence-corrected chi connectivity index (χ3v) is 4.83. The largest absolute Gasteiger partial charge is 0.317 e. The van der Waals surface area contributed by atoms with Crippen LogP contribution in [0.3, 0.4) is 0 Å². The van der Waals surface area contributed by atoms with Gasteiger partial charge in [-0.1, -0.05) is 6.92 Å². The summed E-state index contributed by atoms with van der Waals surface area (Å²) in [6, 6.07) is 0.489. The Bertz CT molecular complexity index is 530. The zero-order chi connectivity index (χ0) is 15.6. The van der Waals surface area contributed by atoms with Crippen LogP contribution in [0.15, 0.2) is 6.20 Å². The quantitative estimate of drug-likeness (QED) is 0.683. The van der Waals surface area contributed by atoms with Crippen LogP contribution < -0.4 is 5.32 Å². The molecule has 5 heteroatoms. The van der Waals surface area contributed by atoms with Gasteiger partial charge in [0.05, 0.1) is 10.6 Å². The normalized spacial score (nSPS) is 25.8. The number of nitrogens with one attached hydrogen (secondary N) is 1. The van der Waals surface area contributed by atoms with Crippen molar-refractivity contribution in [2.24, 2.45) is 11.8 Å². The predicted octanol–water partition coefficient (Wildman–Crippen LogP) is 3.17. The maximum Gasteiger partial charge on any atom is 0.278 e. The van der Waals surface area contributed by atoms with Crippen LogP contribution in [-0.4, -0.2) is 23.0 Å². The molecule has 1 aromatic heterocycles. The van der Waals surface area contributed by atoms with E-state index in [2.05, 4.69) is 17.2 Å². The van der Waals surface area contributed by atoms with Gasteiger partial charge in [-0.15, -0.1) is 0 Å². The third-order valence-electron chi connectivity index (χ3n) is 4.83. The summed E-state index contributed by atoms with van der Waals surface area (Å²) in [7, 11) is 2.01. The lowest BCUT2D eigenvalue weighted by Gasteiger charge is -2.34. The van der Waals surface area contributed by atoms with E-state index in [9.17, 15) is 10.1 Å². The molecule has 0 amide bonds. The van der Waals surface area contributed by atoms with Crippen LogP contribution in [0.1, 0.15) is 43.0 Å². The summed E-state index contributed by atoms with van der Waals surface area (Å²) in [5, 5.41) is 14.6. The van der Waals surface area contributed by atoms with Gasteiger partial charge in [0, 0.05) is 23.4 Å². The second kappa shape index (κ2) is 6.52. The minimum absolute atomic E-state index is 0.227. The van der Waals surface area contributed by atoms with Gasteiger partial charge in [0.1, 0.15) is 0 Å². The molecule has 3 unspecified atom stereocenters. The highest BCUT2D eigenvalue weighted by molar-refractivity contribution is 5.47. The minimum atomic E-state index is -0.283. The van der Waals surface area contributed by atoms with Gasteiger partial charge in [-0.2, -0.15) is 0 Å². The first kappa shape index (κ1) is 15.9. The summed E-state index contributed by atoms with van der Waals surface area (Å²) in [5.74, 6) is 1.23. The molecule has 1 N–H and O–H groups in total. The average molecular weight is 291 g/mol. The number of rotatable bonds is 4. The highest BCUT2D eigenvalue weighted by atomic mass is 16.6. The van der Waals surface area contributed by atoms with E-state index in [4.69, 9.17) is 0 Å². The monoisotopic (exact) mass is 291 g/mol. The molecule has 1 aromatic rings. The summed E-state index contributed by atoms with van der Waals surface area (Å²) in [6.45, 7) is 5.87. The van der Waals surface area contributed by atoms with Crippen molar-refractivity contribution < 1.29 is 4.92 Å². The van der Waals surface area contributed by atoms with E-state index >= 15 is 0 Å². The van der Waals surface area contributed by atoms with Gasteiger partial charge in [-0.05, 0) is 58.4 Å². The van der Waals surface area contributed by atoms with Crippen molar-refractivity contribution >= 4 is 5.69 Å². The second-order valence-corrected chi connectivity index (χ2v) is 6.40. The SMILES string of the molecule is CNC1CCC(C)CC1Cc1ncc(C)c([N+](=O)[O-])c1C. The van der Waals surface area contributed by atoms with Crippen molar-refractivity contribution in [3.63, 3.8) is 0 Å². The Balaban J connectivity index is 2.26. The smallest absolute Gasteiger partial charge is 0.278 e. The molecule has 1 fully saturated rings. The third kappa shape index (κ3) is 3.40. The van der Waals surface area contributed by atoms with Gasteiger partial charge in [-0.3, -0.25) is 15.1 Å². The molecule has 1 saturated carbocycles.